The van der Waals surface area contributed by atoms with E-state index in [9.17, 15) is 9.50 Å². The standard InChI is InChI=1S/C14H17FN2O/c1-3-10-8-11(4-2)17(16-10)14-7-5-6-13(15)12(14)9-18/h5-8,18H,3-4,9H2,1-2H3. The zero-order valence-electron chi connectivity index (χ0n) is 10.7. The van der Waals surface area contributed by atoms with Crippen LogP contribution in [-0.4, -0.2) is 14.9 Å². The molecule has 0 saturated carbocycles. The van der Waals surface area contributed by atoms with Crippen LogP contribution in [0, 0.1) is 5.82 Å². The third-order valence-electron chi connectivity index (χ3n) is 3.04. The minimum absolute atomic E-state index is 0.290. The van der Waals surface area contributed by atoms with Gasteiger partial charge in [-0.3, -0.25) is 0 Å². The first-order chi connectivity index (χ1) is 8.71. The molecule has 0 fully saturated rings. The Labute approximate surface area is 106 Å². The van der Waals surface area contributed by atoms with Gasteiger partial charge in [-0.05, 0) is 31.0 Å². The average molecular weight is 248 g/mol. The maximum atomic E-state index is 13.7. The summed E-state index contributed by atoms with van der Waals surface area (Å²) < 4.78 is 15.4. The van der Waals surface area contributed by atoms with Gasteiger partial charge >= 0.3 is 0 Å². The molecule has 0 saturated heterocycles. The number of aryl methyl sites for hydroxylation is 2. The van der Waals surface area contributed by atoms with Crippen LogP contribution >= 0.6 is 0 Å². The van der Waals surface area contributed by atoms with Crippen molar-refractivity contribution in [1.82, 2.24) is 9.78 Å². The summed E-state index contributed by atoms with van der Waals surface area (Å²) in [6.45, 7) is 3.74. The average Bonchev–Trinajstić information content (AvgIpc) is 2.81. The van der Waals surface area contributed by atoms with Crippen molar-refractivity contribution in [2.24, 2.45) is 0 Å². The van der Waals surface area contributed by atoms with Gasteiger partial charge in [-0.1, -0.05) is 19.9 Å². The van der Waals surface area contributed by atoms with Gasteiger partial charge in [0.05, 0.1) is 18.0 Å². The highest BCUT2D eigenvalue weighted by Gasteiger charge is 2.13. The Balaban J connectivity index is 2.60. The van der Waals surface area contributed by atoms with E-state index in [0.29, 0.717) is 5.69 Å². The van der Waals surface area contributed by atoms with E-state index in [1.165, 1.54) is 6.07 Å². The van der Waals surface area contributed by atoms with Gasteiger partial charge in [0.15, 0.2) is 0 Å². The van der Waals surface area contributed by atoms with Crippen LogP contribution in [0.4, 0.5) is 4.39 Å². The Bertz CT molecular complexity index is 549. The molecule has 0 unspecified atom stereocenters. The zero-order chi connectivity index (χ0) is 13.1. The fraction of sp³-hybridized carbons (Fsp3) is 0.357. The Morgan fingerprint density at radius 1 is 1.28 bits per heavy atom. The number of aliphatic hydroxyl groups excluding tert-OH is 1. The van der Waals surface area contributed by atoms with Gasteiger partial charge in [0.2, 0.25) is 0 Å². The lowest BCUT2D eigenvalue weighted by Crippen LogP contribution is -2.07. The van der Waals surface area contributed by atoms with Crippen LogP contribution in [-0.2, 0) is 19.4 Å². The Morgan fingerprint density at radius 2 is 2.06 bits per heavy atom. The van der Waals surface area contributed by atoms with Crippen LogP contribution < -0.4 is 0 Å². The van der Waals surface area contributed by atoms with Crippen molar-refractivity contribution in [2.45, 2.75) is 33.3 Å². The van der Waals surface area contributed by atoms with Crippen LogP contribution in [0.15, 0.2) is 24.3 Å². The van der Waals surface area contributed by atoms with E-state index in [4.69, 9.17) is 0 Å². The number of benzene rings is 1. The molecule has 1 aromatic carbocycles. The summed E-state index contributed by atoms with van der Waals surface area (Å²) in [5.74, 6) is -0.398. The molecule has 0 aliphatic rings. The third-order valence-corrected chi connectivity index (χ3v) is 3.04. The Morgan fingerprint density at radius 3 is 2.67 bits per heavy atom. The zero-order valence-corrected chi connectivity index (χ0v) is 10.7. The number of nitrogens with zero attached hydrogens (tertiary/aromatic N) is 2. The van der Waals surface area contributed by atoms with Crippen molar-refractivity contribution in [3.05, 3.63) is 47.0 Å². The molecular weight excluding hydrogens is 231 g/mol. The van der Waals surface area contributed by atoms with Crippen LogP contribution in [0.3, 0.4) is 0 Å². The molecule has 0 atom stereocenters. The largest absolute Gasteiger partial charge is 0.391 e. The summed E-state index contributed by atoms with van der Waals surface area (Å²) in [5, 5.41) is 13.8. The van der Waals surface area contributed by atoms with E-state index in [0.717, 1.165) is 24.2 Å². The highest BCUT2D eigenvalue weighted by Crippen LogP contribution is 2.20. The summed E-state index contributed by atoms with van der Waals surface area (Å²) in [4.78, 5) is 0. The Hall–Kier alpha value is -1.68. The van der Waals surface area contributed by atoms with E-state index < -0.39 is 5.82 Å². The topological polar surface area (TPSA) is 38.0 Å². The highest BCUT2D eigenvalue weighted by molar-refractivity contribution is 5.42. The van der Waals surface area contributed by atoms with Crippen LogP contribution in [0.5, 0.6) is 0 Å². The summed E-state index contributed by atoms with van der Waals surface area (Å²) >= 11 is 0. The second-order valence-electron chi connectivity index (χ2n) is 4.14. The van der Waals surface area contributed by atoms with Crippen molar-refractivity contribution in [3.63, 3.8) is 0 Å². The minimum atomic E-state index is -0.398. The van der Waals surface area contributed by atoms with Crippen molar-refractivity contribution in [1.29, 1.82) is 0 Å². The molecule has 0 amide bonds. The molecular formula is C14H17FN2O. The summed E-state index contributed by atoms with van der Waals surface area (Å²) in [6.07, 6.45) is 1.65. The molecule has 2 rings (SSSR count). The fourth-order valence-corrected chi connectivity index (χ4v) is 2.01. The summed E-state index contributed by atoms with van der Waals surface area (Å²) in [6, 6.07) is 6.79. The first-order valence-corrected chi connectivity index (χ1v) is 6.17. The molecule has 0 bridgehead atoms. The van der Waals surface area contributed by atoms with E-state index >= 15 is 0 Å². The predicted octanol–water partition coefficient (Wildman–Crippen LogP) is 2.63. The van der Waals surface area contributed by atoms with Crippen molar-refractivity contribution < 1.29 is 9.50 Å². The van der Waals surface area contributed by atoms with Crippen LogP contribution in [0.25, 0.3) is 5.69 Å². The molecule has 0 spiro atoms. The fourth-order valence-electron chi connectivity index (χ4n) is 2.01. The van der Waals surface area contributed by atoms with Crippen molar-refractivity contribution in [2.75, 3.05) is 0 Å². The molecule has 2 aromatic rings. The maximum Gasteiger partial charge on any atom is 0.130 e. The lowest BCUT2D eigenvalue weighted by atomic mass is 10.1. The normalized spacial score (nSPS) is 10.9. The minimum Gasteiger partial charge on any atom is -0.391 e. The molecule has 3 nitrogen and oxygen atoms in total. The number of aromatic nitrogens is 2. The van der Waals surface area contributed by atoms with Crippen molar-refractivity contribution in [3.8, 4) is 5.69 Å². The first kappa shape index (κ1) is 12.8. The number of aliphatic hydroxyl groups is 1. The molecule has 0 radical (unpaired) electrons. The van der Waals surface area contributed by atoms with E-state index in [1.807, 2.05) is 19.9 Å². The monoisotopic (exact) mass is 248 g/mol. The number of hydrogen-bond donors (Lipinski definition) is 1. The second kappa shape index (κ2) is 5.31. The van der Waals surface area contributed by atoms with Gasteiger partial charge in [0.25, 0.3) is 0 Å². The first-order valence-electron chi connectivity index (χ1n) is 6.17. The van der Waals surface area contributed by atoms with Gasteiger partial charge in [-0.25, -0.2) is 9.07 Å². The molecule has 96 valence electrons. The smallest absolute Gasteiger partial charge is 0.130 e. The number of halogens is 1. The van der Waals surface area contributed by atoms with Crippen LogP contribution in [0.2, 0.25) is 0 Å². The van der Waals surface area contributed by atoms with E-state index in [-0.39, 0.29) is 12.2 Å². The van der Waals surface area contributed by atoms with Gasteiger partial charge in [0.1, 0.15) is 5.82 Å². The van der Waals surface area contributed by atoms with Crippen LogP contribution in [0.1, 0.15) is 30.8 Å². The van der Waals surface area contributed by atoms with Gasteiger partial charge < -0.3 is 5.11 Å². The lowest BCUT2D eigenvalue weighted by Gasteiger charge is -2.11. The number of rotatable bonds is 4. The molecule has 0 aliphatic carbocycles. The third kappa shape index (κ3) is 2.16. The quantitative estimate of drug-likeness (QED) is 0.903. The molecule has 1 N–H and O–H groups in total. The van der Waals surface area contributed by atoms with E-state index in [2.05, 4.69) is 5.10 Å². The molecule has 18 heavy (non-hydrogen) atoms. The highest BCUT2D eigenvalue weighted by atomic mass is 19.1. The predicted molar refractivity (Wildman–Crippen MR) is 68.2 cm³/mol. The van der Waals surface area contributed by atoms with Crippen molar-refractivity contribution >= 4 is 0 Å². The number of hydrogen-bond acceptors (Lipinski definition) is 2. The molecule has 0 aliphatic heterocycles. The lowest BCUT2D eigenvalue weighted by molar-refractivity contribution is 0.275. The summed E-state index contributed by atoms with van der Waals surface area (Å²) in [5.41, 5.74) is 2.90. The maximum absolute atomic E-state index is 13.7. The molecule has 1 aromatic heterocycles. The van der Waals surface area contributed by atoms with E-state index in [1.54, 1.807) is 16.8 Å². The van der Waals surface area contributed by atoms with Gasteiger partial charge in [0, 0.05) is 11.3 Å². The van der Waals surface area contributed by atoms with Gasteiger partial charge in [-0.2, -0.15) is 5.10 Å². The Kier molecular flexibility index (Phi) is 3.77. The van der Waals surface area contributed by atoms with Gasteiger partial charge in [-0.15, -0.1) is 0 Å². The SMILES string of the molecule is CCc1cc(CC)n(-c2cccc(F)c2CO)n1. The molecule has 1 heterocycles. The second-order valence-corrected chi connectivity index (χ2v) is 4.14. The molecule has 4 heteroatoms. The summed E-state index contributed by atoms with van der Waals surface area (Å²) in [7, 11) is 0.